The lowest BCUT2D eigenvalue weighted by molar-refractivity contribution is 0.0955. The average molecular weight is 412 g/mol. The number of nitrogens with one attached hydrogen (secondary N) is 3. The Kier molecular flexibility index (Phi) is 6.86. The van der Waals surface area contributed by atoms with Gasteiger partial charge in [-0.15, -0.1) is 0 Å². The lowest BCUT2D eigenvalue weighted by Crippen LogP contribution is -2.29. The molecule has 0 aliphatic rings. The van der Waals surface area contributed by atoms with Crippen molar-refractivity contribution >= 4 is 35.0 Å². The largest absolute Gasteiger partial charge is 0.497 e. The van der Waals surface area contributed by atoms with Crippen molar-refractivity contribution in [2.24, 2.45) is 0 Å². The number of carbonyl (C=O) groups excluding carboxylic acids is 1. The highest BCUT2D eigenvalue weighted by Gasteiger charge is 2.08. The zero-order chi connectivity index (χ0) is 20.6. The summed E-state index contributed by atoms with van der Waals surface area (Å²) in [5.41, 5.74) is 2.16. The summed E-state index contributed by atoms with van der Waals surface area (Å²) < 4.78 is 5.16. The van der Waals surface area contributed by atoms with Crippen LogP contribution in [0.1, 0.15) is 16.1 Å². The Hall–Kier alpha value is -3.32. The summed E-state index contributed by atoms with van der Waals surface area (Å²) >= 11 is 6.04. The van der Waals surface area contributed by atoms with Gasteiger partial charge in [0.2, 0.25) is 5.95 Å². The Morgan fingerprint density at radius 1 is 1.07 bits per heavy atom. The molecule has 2 aromatic carbocycles. The van der Waals surface area contributed by atoms with E-state index in [0.717, 1.165) is 17.1 Å². The van der Waals surface area contributed by atoms with E-state index in [1.54, 1.807) is 31.4 Å². The first-order valence-electron chi connectivity index (χ1n) is 9.08. The fourth-order valence-electron chi connectivity index (χ4n) is 2.62. The monoisotopic (exact) mass is 411 g/mol. The first-order valence-corrected chi connectivity index (χ1v) is 9.46. The third kappa shape index (κ3) is 5.83. The molecule has 1 aromatic heterocycles. The molecule has 8 heteroatoms. The maximum Gasteiger partial charge on any atom is 0.252 e. The van der Waals surface area contributed by atoms with Crippen LogP contribution < -0.4 is 20.7 Å². The van der Waals surface area contributed by atoms with Gasteiger partial charge < -0.3 is 20.7 Å². The van der Waals surface area contributed by atoms with Gasteiger partial charge in [-0.05, 0) is 43.3 Å². The first kappa shape index (κ1) is 20.4. The molecule has 0 spiro atoms. The second-order valence-corrected chi connectivity index (χ2v) is 6.64. The number of aryl methyl sites for hydroxylation is 1. The van der Waals surface area contributed by atoms with Gasteiger partial charge in [-0.1, -0.05) is 23.7 Å². The van der Waals surface area contributed by atoms with Crippen LogP contribution in [-0.2, 0) is 0 Å². The van der Waals surface area contributed by atoms with Gasteiger partial charge in [0.15, 0.2) is 0 Å². The van der Waals surface area contributed by atoms with Crippen LogP contribution in [0.15, 0.2) is 54.6 Å². The number of rotatable bonds is 8. The number of ether oxygens (including phenoxy) is 1. The Bertz CT molecular complexity index is 979. The van der Waals surface area contributed by atoms with Gasteiger partial charge >= 0.3 is 0 Å². The van der Waals surface area contributed by atoms with Crippen molar-refractivity contribution in [3.63, 3.8) is 0 Å². The molecule has 0 fully saturated rings. The topological polar surface area (TPSA) is 88.2 Å². The Morgan fingerprint density at radius 3 is 2.55 bits per heavy atom. The van der Waals surface area contributed by atoms with E-state index in [4.69, 9.17) is 16.3 Å². The molecule has 0 unspecified atom stereocenters. The molecule has 0 bridgehead atoms. The van der Waals surface area contributed by atoms with Crippen molar-refractivity contribution < 1.29 is 9.53 Å². The Labute approximate surface area is 174 Å². The fourth-order valence-corrected chi connectivity index (χ4v) is 2.85. The van der Waals surface area contributed by atoms with Crippen molar-refractivity contribution in [3.8, 4) is 5.75 Å². The SMILES string of the molecule is COc1ccc(Nc2cc(C)nc(NCCNC(=O)c3ccccc3Cl)n2)cc1. The normalized spacial score (nSPS) is 10.3. The summed E-state index contributed by atoms with van der Waals surface area (Å²) in [5, 5.41) is 9.61. The molecule has 7 nitrogen and oxygen atoms in total. The molecule has 0 aliphatic carbocycles. The standard InChI is InChI=1S/C21H22ClN5O2/c1-14-13-19(26-15-7-9-16(29-2)10-8-15)27-21(25-14)24-12-11-23-20(28)17-5-3-4-6-18(17)22/h3-10,13H,11-12H2,1-2H3,(H,23,28)(H2,24,25,26,27). The molecule has 29 heavy (non-hydrogen) atoms. The van der Waals surface area contributed by atoms with Crippen LogP contribution in [0.4, 0.5) is 17.5 Å². The van der Waals surface area contributed by atoms with Crippen molar-refractivity contribution in [1.29, 1.82) is 0 Å². The van der Waals surface area contributed by atoms with E-state index in [-0.39, 0.29) is 5.91 Å². The fraction of sp³-hybridized carbons (Fsp3) is 0.190. The molecule has 3 aromatic rings. The summed E-state index contributed by atoms with van der Waals surface area (Å²) in [4.78, 5) is 21.0. The highest BCUT2D eigenvalue weighted by Crippen LogP contribution is 2.20. The Balaban J connectivity index is 1.54. The van der Waals surface area contributed by atoms with Crippen LogP contribution in [0, 0.1) is 6.92 Å². The number of aromatic nitrogens is 2. The van der Waals surface area contributed by atoms with Crippen molar-refractivity contribution in [1.82, 2.24) is 15.3 Å². The van der Waals surface area contributed by atoms with E-state index < -0.39 is 0 Å². The molecule has 3 N–H and O–H groups in total. The first-order chi connectivity index (χ1) is 14.0. The third-order valence-corrected chi connectivity index (χ3v) is 4.36. The van der Waals surface area contributed by atoms with Gasteiger partial charge in [0.25, 0.3) is 5.91 Å². The minimum atomic E-state index is -0.218. The minimum absolute atomic E-state index is 0.218. The quantitative estimate of drug-likeness (QED) is 0.485. The number of methoxy groups -OCH3 is 1. The molecule has 0 aliphatic heterocycles. The molecular formula is C21H22ClN5O2. The summed E-state index contributed by atoms with van der Waals surface area (Å²) in [6, 6.07) is 16.4. The molecule has 150 valence electrons. The van der Waals surface area contributed by atoms with Crippen molar-refractivity contribution in [2.75, 3.05) is 30.8 Å². The van der Waals surface area contributed by atoms with Gasteiger partial charge in [0.05, 0.1) is 17.7 Å². The van der Waals surface area contributed by atoms with Crippen LogP contribution in [0.3, 0.4) is 0 Å². The van der Waals surface area contributed by atoms with E-state index in [2.05, 4.69) is 25.9 Å². The summed E-state index contributed by atoms with van der Waals surface area (Å²) in [6.07, 6.45) is 0. The van der Waals surface area contributed by atoms with Crippen molar-refractivity contribution in [3.05, 3.63) is 70.9 Å². The molecule has 3 rings (SSSR count). The number of benzene rings is 2. The highest BCUT2D eigenvalue weighted by molar-refractivity contribution is 6.33. The molecular weight excluding hydrogens is 390 g/mol. The van der Waals surface area contributed by atoms with E-state index in [9.17, 15) is 4.79 Å². The smallest absolute Gasteiger partial charge is 0.252 e. The van der Waals surface area contributed by atoms with Crippen LogP contribution >= 0.6 is 11.6 Å². The molecule has 1 heterocycles. The summed E-state index contributed by atoms with van der Waals surface area (Å²) in [6.45, 7) is 2.77. The average Bonchev–Trinajstić information content (AvgIpc) is 2.71. The number of nitrogens with zero attached hydrogens (tertiary/aromatic N) is 2. The van der Waals surface area contributed by atoms with E-state index in [1.807, 2.05) is 37.3 Å². The molecule has 0 saturated carbocycles. The second-order valence-electron chi connectivity index (χ2n) is 6.23. The molecule has 0 radical (unpaired) electrons. The predicted octanol–water partition coefficient (Wildman–Crippen LogP) is 4.03. The number of halogens is 1. The summed E-state index contributed by atoms with van der Waals surface area (Å²) in [7, 11) is 1.63. The van der Waals surface area contributed by atoms with Crippen molar-refractivity contribution in [2.45, 2.75) is 6.92 Å². The van der Waals surface area contributed by atoms with Crippen LogP contribution in [-0.4, -0.2) is 36.1 Å². The van der Waals surface area contributed by atoms with E-state index in [0.29, 0.717) is 35.4 Å². The van der Waals surface area contributed by atoms with Crippen LogP contribution in [0.2, 0.25) is 5.02 Å². The third-order valence-electron chi connectivity index (χ3n) is 4.03. The number of hydrogen-bond donors (Lipinski definition) is 3. The molecule has 0 saturated heterocycles. The number of anilines is 3. The minimum Gasteiger partial charge on any atom is -0.497 e. The van der Waals surface area contributed by atoms with Gasteiger partial charge in [-0.2, -0.15) is 4.98 Å². The van der Waals surface area contributed by atoms with E-state index >= 15 is 0 Å². The van der Waals surface area contributed by atoms with Crippen LogP contribution in [0.25, 0.3) is 0 Å². The van der Waals surface area contributed by atoms with Gasteiger partial charge in [-0.3, -0.25) is 4.79 Å². The highest BCUT2D eigenvalue weighted by atomic mass is 35.5. The lowest BCUT2D eigenvalue weighted by atomic mass is 10.2. The summed E-state index contributed by atoms with van der Waals surface area (Å²) in [5.74, 6) is 1.72. The van der Waals surface area contributed by atoms with Crippen LogP contribution in [0.5, 0.6) is 5.75 Å². The van der Waals surface area contributed by atoms with Gasteiger partial charge in [0, 0.05) is 30.5 Å². The lowest BCUT2D eigenvalue weighted by Gasteiger charge is -2.11. The predicted molar refractivity (Wildman–Crippen MR) is 115 cm³/mol. The maximum absolute atomic E-state index is 12.2. The Morgan fingerprint density at radius 2 is 1.83 bits per heavy atom. The number of hydrogen-bond acceptors (Lipinski definition) is 6. The number of amides is 1. The molecule has 1 amide bonds. The van der Waals surface area contributed by atoms with Gasteiger partial charge in [-0.25, -0.2) is 4.98 Å². The zero-order valence-electron chi connectivity index (χ0n) is 16.2. The second kappa shape index (κ2) is 9.75. The molecule has 0 atom stereocenters. The van der Waals surface area contributed by atoms with Gasteiger partial charge in [0.1, 0.15) is 11.6 Å². The van der Waals surface area contributed by atoms with E-state index in [1.165, 1.54) is 0 Å². The maximum atomic E-state index is 12.2. The number of carbonyl (C=O) groups is 1. The zero-order valence-corrected chi connectivity index (χ0v) is 17.0.